The van der Waals surface area contributed by atoms with Crippen molar-refractivity contribution >= 4 is 38.9 Å². The Hall–Kier alpha value is -2.31. The Morgan fingerprint density at radius 3 is 2.61 bits per heavy atom. The molecule has 1 amide bonds. The van der Waals surface area contributed by atoms with E-state index in [4.69, 9.17) is 11.6 Å². The van der Waals surface area contributed by atoms with Gasteiger partial charge in [-0.3, -0.25) is 9.10 Å². The van der Waals surface area contributed by atoms with Crippen molar-refractivity contribution in [2.45, 2.75) is 31.1 Å². The molecular formula is C21H23ClN2O3S. The molecule has 0 saturated carbocycles. The molecule has 0 saturated heterocycles. The number of rotatable bonds is 7. The molecule has 1 atom stereocenters. The Labute approximate surface area is 171 Å². The van der Waals surface area contributed by atoms with E-state index in [1.165, 1.54) is 16.4 Å². The maximum absolute atomic E-state index is 13.2. The van der Waals surface area contributed by atoms with Crippen molar-refractivity contribution in [3.05, 3.63) is 65.7 Å². The lowest BCUT2D eigenvalue weighted by Crippen LogP contribution is -2.31. The highest BCUT2D eigenvalue weighted by Gasteiger charge is 2.26. The van der Waals surface area contributed by atoms with Crippen LogP contribution in [-0.2, 0) is 14.8 Å². The van der Waals surface area contributed by atoms with Gasteiger partial charge in [-0.15, -0.1) is 0 Å². The maximum Gasteiger partial charge on any atom is 0.265 e. The summed E-state index contributed by atoms with van der Waals surface area (Å²) >= 11 is 6.22. The number of anilines is 2. The summed E-state index contributed by atoms with van der Waals surface area (Å²) in [6.07, 6.45) is 6.47. The minimum Gasteiger partial charge on any atom is -0.326 e. The van der Waals surface area contributed by atoms with Crippen LogP contribution in [-0.4, -0.2) is 20.9 Å². The lowest BCUT2D eigenvalue weighted by atomic mass is 10.1. The molecule has 1 aliphatic rings. The van der Waals surface area contributed by atoms with Crippen molar-refractivity contribution in [1.82, 2.24) is 0 Å². The van der Waals surface area contributed by atoms with Crippen LogP contribution in [0.3, 0.4) is 0 Å². The van der Waals surface area contributed by atoms with Crippen molar-refractivity contribution in [3.8, 4) is 0 Å². The monoisotopic (exact) mass is 418 g/mol. The predicted octanol–water partition coefficient (Wildman–Crippen LogP) is 4.85. The zero-order valence-corrected chi connectivity index (χ0v) is 17.2. The molecular weight excluding hydrogens is 396 g/mol. The third-order valence-electron chi connectivity index (χ3n) is 4.67. The Morgan fingerprint density at radius 2 is 1.96 bits per heavy atom. The second-order valence-corrected chi connectivity index (χ2v) is 8.91. The first kappa shape index (κ1) is 20.4. The number of hydrogen-bond donors (Lipinski definition) is 1. The largest absolute Gasteiger partial charge is 0.326 e. The van der Waals surface area contributed by atoms with E-state index in [9.17, 15) is 13.2 Å². The molecule has 3 rings (SSSR count). The second kappa shape index (κ2) is 8.80. The van der Waals surface area contributed by atoms with E-state index < -0.39 is 10.0 Å². The summed E-state index contributed by atoms with van der Waals surface area (Å²) in [7, 11) is -3.88. The molecule has 7 heteroatoms. The molecule has 0 radical (unpaired) electrons. The van der Waals surface area contributed by atoms with Gasteiger partial charge in [-0.1, -0.05) is 42.0 Å². The van der Waals surface area contributed by atoms with Crippen LogP contribution in [0.15, 0.2) is 65.6 Å². The third kappa shape index (κ3) is 4.56. The van der Waals surface area contributed by atoms with E-state index in [0.717, 1.165) is 12.8 Å². The van der Waals surface area contributed by atoms with Crippen molar-refractivity contribution < 1.29 is 13.2 Å². The molecule has 0 spiro atoms. The summed E-state index contributed by atoms with van der Waals surface area (Å²) in [5.74, 6) is 0.0989. The van der Waals surface area contributed by atoms with Gasteiger partial charge in [-0.05, 0) is 56.0 Å². The van der Waals surface area contributed by atoms with E-state index in [1.807, 2.05) is 6.07 Å². The number of hydrogen-bond acceptors (Lipinski definition) is 3. The van der Waals surface area contributed by atoms with Crippen LogP contribution in [0.4, 0.5) is 11.4 Å². The van der Waals surface area contributed by atoms with Gasteiger partial charge in [0.25, 0.3) is 10.0 Å². The van der Waals surface area contributed by atoms with Gasteiger partial charge in [-0.25, -0.2) is 8.42 Å². The minimum absolute atomic E-state index is 0.0292. The first-order chi connectivity index (χ1) is 13.4. The molecule has 1 N–H and O–H groups in total. The Balaban J connectivity index is 1.85. The van der Waals surface area contributed by atoms with E-state index in [-0.39, 0.29) is 28.3 Å². The highest BCUT2D eigenvalue weighted by atomic mass is 35.5. The third-order valence-corrected chi connectivity index (χ3v) is 7.06. The number of halogens is 1. The number of sulfonamides is 1. The molecule has 1 aliphatic carbocycles. The molecule has 0 aromatic heterocycles. The van der Waals surface area contributed by atoms with Crippen LogP contribution in [0.25, 0.3) is 0 Å². The normalized spacial score (nSPS) is 16.1. The van der Waals surface area contributed by atoms with Gasteiger partial charge in [0.2, 0.25) is 5.91 Å². The van der Waals surface area contributed by atoms with Gasteiger partial charge in [0.05, 0.1) is 10.7 Å². The van der Waals surface area contributed by atoms with Crippen molar-refractivity contribution in [2.75, 3.05) is 16.2 Å². The van der Waals surface area contributed by atoms with Gasteiger partial charge >= 0.3 is 0 Å². The SMILES string of the molecule is CCN(c1ccccc1)S(=O)(=O)c1cc(NC(=O)CC2C=CCC2)ccc1Cl. The molecule has 0 bridgehead atoms. The average molecular weight is 419 g/mol. The first-order valence-electron chi connectivity index (χ1n) is 9.25. The van der Waals surface area contributed by atoms with Crippen molar-refractivity contribution in [3.63, 3.8) is 0 Å². The lowest BCUT2D eigenvalue weighted by molar-refractivity contribution is -0.116. The molecule has 148 valence electrons. The average Bonchev–Trinajstić information content (AvgIpc) is 3.17. The van der Waals surface area contributed by atoms with Crippen molar-refractivity contribution in [1.29, 1.82) is 0 Å². The van der Waals surface area contributed by atoms with E-state index >= 15 is 0 Å². The van der Waals surface area contributed by atoms with Gasteiger partial charge in [0.15, 0.2) is 0 Å². The topological polar surface area (TPSA) is 66.5 Å². The Bertz CT molecular complexity index is 974. The smallest absolute Gasteiger partial charge is 0.265 e. The number of amides is 1. The highest BCUT2D eigenvalue weighted by Crippen LogP contribution is 2.31. The highest BCUT2D eigenvalue weighted by molar-refractivity contribution is 7.93. The fourth-order valence-corrected chi connectivity index (χ4v) is 5.28. The minimum atomic E-state index is -3.88. The fourth-order valence-electron chi connectivity index (χ4n) is 3.30. The molecule has 2 aromatic rings. The number of benzene rings is 2. The summed E-state index contributed by atoms with van der Waals surface area (Å²) in [6, 6.07) is 13.4. The standard InChI is InChI=1S/C21H23ClN2O3S/c1-2-24(18-10-4-3-5-11-18)28(26,27)20-15-17(12-13-19(20)22)23-21(25)14-16-8-6-7-9-16/h3-6,8,10-13,15-16H,2,7,9,14H2,1H3,(H,23,25). The number of para-hydroxylation sites is 1. The zero-order valence-electron chi connectivity index (χ0n) is 15.6. The molecule has 28 heavy (non-hydrogen) atoms. The van der Waals surface area contributed by atoms with E-state index in [2.05, 4.69) is 17.5 Å². The van der Waals surface area contributed by atoms with E-state index in [1.54, 1.807) is 37.3 Å². The quantitative estimate of drug-likeness (QED) is 0.653. The Kier molecular flexibility index (Phi) is 6.42. The lowest BCUT2D eigenvalue weighted by Gasteiger charge is -2.23. The van der Waals surface area contributed by atoms with Gasteiger partial charge in [-0.2, -0.15) is 0 Å². The number of carbonyl (C=O) groups is 1. The molecule has 5 nitrogen and oxygen atoms in total. The van der Waals surface area contributed by atoms with Gasteiger partial charge in [0.1, 0.15) is 4.90 Å². The molecule has 1 unspecified atom stereocenters. The number of nitrogens with one attached hydrogen (secondary N) is 1. The summed E-state index contributed by atoms with van der Waals surface area (Å²) in [6.45, 7) is 2.02. The zero-order chi connectivity index (χ0) is 20.1. The molecule has 2 aromatic carbocycles. The summed E-state index contributed by atoms with van der Waals surface area (Å²) in [4.78, 5) is 12.3. The fraction of sp³-hybridized carbons (Fsp3) is 0.286. The van der Waals surface area contributed by atoms with E-state index in [0.29, 0.717) is 17.8 Å². The summed E-state index contributed by atoms with van der Waals surface area (Å²) in [5, 5.41) is 2.91. The first-order valence-corrected chi connectivity index (χ1v) is 11.1. The predicted molar refractivity (Wildman–Crippen MR) is 113 cm³/mol. The van der Waals surface area contributed by atoms with Crippen LogP contribution in [0.2, 0.25) is 5.02 Å². The van der Waals surface area contributed by atoms with Crippen LogP contribution >= 0.6 is 11.6 Å². The van der Waals surface area contributed by atoms with Crippen molar-refractivity contribution in [2.24, 2.45) is 5.92 Å². The number of carbonyl (C=O) groups excluding carboxylic acids is 1. The number of allylic oxidation sites excluding steroid dienone is 2. The Morgan fingerprint density at radius 1 is 1.21 bits per heavy atom. The molecule has 0 aliphatic heterocycles. The van der Waals surface area contributed by atoms with Crippen LogP contribution in [0, 0.1) is 5.92 Å². The van der Waals surface area contributed by atoms with Crippen LogP contribution in [0.1, 0.15) is 26.2 Å². The summed E-state index contributed by atoms with van der Waals surface area (Å²) < 4.78 is 27.7. The van der Waals surface area contributed by atoms with Gasteiger partial charge < -0.3 is 5.32 Å². The van der Waals surface area contributed by atoms with Crippen LogP contribution in [0.5, 0.6) is 0 Å². The molecule has 0 fully saturated rings. The summed E-state index contributed by atoms with van der Waals surface area (Å²) in [5.41, 5.74) is 0.975. The maximum atomic E-state index is 13.2. The second-order valence-electron chi connectivity index (χ2n) is 6.67. The molecule has 0 heterocycles. The van der Waals surface area contributed by atoms with Gasteiger partial charge in [0, 0.05) is 18.7 Å². The van der Waals surface area contributed by atoms with Crippen LogP contribution < -0.4 is 9.62 Å². The number of nitrogens with zero attached hydrogens (tertiary/aromatic N) is 1.